The van der Waals surface area contributed by atoms with Crippen molar-refractivity contribution in [3.8, 4) is 0 Å². The molecule has 0 bridgehead atoms. The molecule has 10 heavy (non-hydrogen) atoms. The van der Waals surface area contributed by atoms with Crippen LogP contribution in [-0.2, 0) is 4.79 Å². The molecule has 2 nitrogen and oxygen atoms in total. The smallest absolute Gasteiger partial charge is 0.141 e. The Morgan fingerprint density at radius 3 is 2.20 bits per heavy atom. The minimum atomic E-state index is -0.0191. The number of hydrogen-bond donors (Lipinski definition) is 1. The second-order valence-corrected chi connectivity index (χ2v) is 2.94. The second-order valence-electron chi connectivity index (χ2n) is 2.94. The van der Waals surface area contributed by atoms with Gasteiger partial charge >= 0.3 is 0 Å². The molecule has 1 saturated heterocycles. The van der Waals surface area contributed by atoms with Gasteiger partial charge in [-0.05, 0) is 0 Å². The van der Waals surface area contributed by atoms with Gasteiger partial charge in [-0.2, -0.15) is 0 Å². The van der Waals surface area contributed by atoms with Gasteiger partial charge < -0.3 is 5.32 Å². The largest absolute Gasteiger partial charge is 0.315 e. The van der Waals surface area contributed by atoms with Gasteiger partial charge in [-0.3, -0.25) is 4.79 Å². The predicted octanol–water partition coefficient (Wildman–Crippen LogP) is 0.997. The monoisotopic (exact) mass is 163 g/mol. The van der Waals surface area contributed by atoms with Crippen LogP contribution in [0.15, 0.2) is 0 Å². The van der Waals surface area contributed by atoms with E-state index in [-0.39, 0.29) is 17.8 Å². The minimum Gasteiger partial charge on any atom is -0.315 e. The molecule has 0 unspecified atom stereocenters. The van der Waals surface area contributed by atoms with Gasteiger partial charge in [0.05, 0.1) is 5.41 Å². The van der Waals surface area contributed by atoms with Crippen LogP contribution in [0.2, 0.25) is 0 Å². The lowest BCUT2D eigenvalue weighted by molar-refractivity contribution is -0.130. The van der Waals surface area contributed by atoms with Crippen molar-refractivity contribution in [2.75, 3.05) is 13.1 Å². The molecule has 0 radical (unpaired) electrons. The fraction of sp³-hybridized carbons (Fsp3) is 0.857. The highest BCUT2D eigenvalue weighted by atomic mass is 35.5. The molecule has 1 fully saturated rings. The molecule has 60 valence electrons. The molecule has 0 aromatic carbocycles. The molecule has 0 aromatic rings. The Morgan fingerprint density at radius 1 is 1.60 bits per heavy atom. The van der Waals surface area contributed by atoms with Gasteiger partial charge in [0.2, 0.25) is 0 Å². The first-order valence-electron chi connectivity index (χ1n) is 3.43. The summed E-state index contributed by atoms with van der Waals surface area (Å²) in [6, 6.07) is 0. The highest BCUT2D eigenvalue weighted by molar-refractivity contribution is 5.85. The number of halogens is 1. The molecule has 3 heteroatoms. The molecule has 1 aliphatic heterocycles. The molecular formula is C7H14ClNO. The topological polar surface area (TPSA) is 29.1 Å². The standard InChI is InChI=1S/C7H13NO.ClH/c1-3-6(9)7(2)4-8-5-7;/h8H,3-5H2,1-2H3;1H. The highest BCUT2D eigenvalue weighted by Gasteiger charge is 2.37. The number of ketones is 1. The van der Waals surface area contributed by atoms with E-state index in [1.807, 2.05) is 13.8 Å². The van der Waals surface area contributed by atoms with Gasteiger partial charge in [0.1, 0.15) is 5.78 Å². The number of rotatable bonds is 2. The van der Waals surface area contributed by atoms with Crippen molar-refractivity contribution in [1.82, 2.24) is 5.32 Å². The van der Waals surface area contributed by atoms with E-state index in [0.717, 1.165) is 13.1 Å². The Balaban J connectivity index is 0.000000810. The van der Waals surface area contributed by atoms with Crippen molar-refractivity contribution in [2.24, 2.45) is 5.41 Å². The van der Waals surface area contributed by atoms with Gasteiger partial charge in [-0.15, -0.1) is 12.4 Å². The molecule has 1 rings (SSSR count). The average Bonchev–Trinajstić information content (AvgIpc) is 1.81. The van der Waals surface area contributed by atoms with Gasteiger partial charge in [0.25, 0.3) is 0 Å². The van der Waals surface area contributed by atoms with Gasteiger partial charge in [0, 0.05) is 19.5 Å². The summed E-state index contributed by atoms with van der Waals surface area (Å²) in [6.45, 7) is 5.70. The summed E-state index contributed by atoms with van der Waals surface area (Å²) < 4.78 is 0. The number of nitrogens with one attached hydrogen (secondary N) is 1. The lowest BCUT2D eigenvalue weighted by Gasteiger charge is -2.37. The van der Waals surface area contributed by atoms with Crippen LogP contribution in [0.1, 0.15) is 20.3 Å². The van der Waals surface area contributed by atoms with Crippen LogP contribution >= 0.6 is 12.4 Å². The van der Waals surface area contributed by atoms with Crippen LogP contribution in [-0.4, -0.2) is 18.9 Å². The van der Waals surface area contributed by atoms with Crippen LogP contribution in [0.3, 0.4) is 0 Å². The SMILES string of the molecule is CCC(=O)C1(C)CNC1.Cl. The molecule has 0 aromatic heterocycles. The van der Waals surface area contributed by atoms with E-state index in [9.17, 15) is 4.79 Å². The third kappa shape index (κ3) is 1.50. The zero-order valence-electron chi connectivity index (χ0n) is 6.44. The van der Waals surface area contributed by atoms with Crippen LogP contribution < -0.4 is 5.32 Å². The first-order chi connectivity index (χ1) is 4.19. The summed E-state index contributed by atoms with van der Waals surface area (Å²) in [4.78, 5) is 11.1. The van der Waals surface area contributed by atoms with E-state index in [0.29, 0.717) is 12.2 Å². The van der Waals surface area contributed by atoms with E-state index in [1.165, 1.54) is 0 Å². The molecule has 1 aliphatic rings. The first-order valence-corrected chi connectivity index (χ1v) is 3.43. The fourth-order valence-corrected chi connectivity index (χ4v) is 1.12. The maximum Gasteiger partial charge on any atom is 0.141 e. The second kappa shape index (κ2) is 3.35. The minimum absolute atomic E-state index is 0. The molecule has 1 N–H and O–H groups in total. The Kier molecular flexibility index (Phi) is 3.33. The third-order valence-corrected chi connectivity index (χ3v) is 2.02. The molecule has 0 atom stereocenters. The van der Waals surface area contributed by atoms with Crippen LogP contribution in [0, 0.1) is 5.41 Å². The van der Waals surface area contributed by atoms with Gasteiger partial charge in [-0.25, -0.2) is 0 Å². The van der Waals surface area contributed by atoms with Crippen molar-refractivity contribution in [2.45, 2.75) is 20.3 Å². The summed E-state index contributed by atoms with van der Waals surface area (Å²) in [5.74, 6) is 0.390. The number of carbonyl (C=O) groups excluding carboxylic acids is 1. The highest BCUT2D eigenvalue weighted by Crippen LogP contribution is 2.23. The van der Waals surface area contributed by atoms with Crippen LogP contribution in [0.25, 0.3) is 0 Å². The Labute approximate surface area is 67.8 Å². The number of hydrogen-bond acceptors (Lipinski definition) is 2. The average molecular weight is 164 g/mol. The Bertz CT molecular complexity index is 132. The molecule has 0 spiro atoms. The Morgan fingerprint density at radius 2 is 2.10 bits per heavy atom. The van der Waals surface area contributed by atoms with Crippen molar-refractivity contribution in [3.63, 3.8) is 0 Å². The summed E-state index contributed by atoms with van der Waals surface area (Å²) in [6.07, 6.45) is 0.679. The van der Waals surface area contributed by atoms with E-state index >= 15 is 0 Å². The zero-order valence-corrected chi connectivity index (χ0v) is 7.25. The number of carbonyl (C=O) groups is 1. The lowest BCUT2D eigenvalue weighted by Crippen LogP contribution is -2.55. The summed E-state index contributed by atoms with van der Waals surface area (Å²) in [7, 11) is 0. The third-order valence-electron chi connectivity index (χ3n) is 2.02. The normalized spacial score (nSPS) is 20.6. The molecule has 1 heterocycles. The summed E-state index contributed by atoms with van der Waals surface area (Å²) in [5, 5.41) is 3.10. The molecule has 0 amide bonds. The van der Waals surface area contributed by atoms with E-state index in [2.05, 4.69) is 5.32 Å². The summed E-state index contributed by atoms with van der Waals surface area (Å²) >= 11 is 0. The van der Waals surface area contributed by atoms with Gasteiger partial charge in [-0.1, -0.05) is 13.8 Å². The van der Waals surface area contributed by atoms with Gasteiger partial charge in [0.15, 0.2) is 0 Å². The van der Waals surface area contributed by atoms with E-state index in [1.54, 1.807) is 0 Å². The maximum absolute atomic E-state index is 11.1. The molecule has 0 saturated carbocycles. The predicted molar refractivity (Wildman–Crippen MR) is 43.5 cm³/mol. The van der Waals surface area contributed by atoms with Crippen molar-refractivity contribution in [1.29, 1.82) is 0 Å². The van der Waals surface area contributed by atoms with E-state index in [4.69, 9.17) is 0 Å². The zero-order chi connectivity index (χ0) is 6.91. The van der Waals surface area contributed by atoms with Crippen molar-refractivity contribution in [3.05, 3.63) is 0 Å². The maximum atomic E-state index is 11.1. The van der Waals surface area contributed by atoms with Crippen LogP contribution in [0.5, 0.6) is 0 Å². The van der Waals surface area contributed by atoms with Crippen molar-refractivity contribution >= 4 is 18.2 Å². The van der Waals surface area contributed by atoms with Crippen molar-refractivity contribution < 1.29 is 4.79 Å². The molecular weight excluding hydrogens is 150 g/mol. The number of Topliss-reactive ketones (excluding diaryl/α,β-unsaturated/α-hetero) is 1. The molecule has 0 aliphatic carbocycles. The summed E-state index contributed by atoms with van der Waals surface area (Å²) in [5.41, 5.74) is -0.0191. The lowest BCUT2D eigenvalue weighted by atomic mass is 9.79. The van der Waals surface area contributed by atoms with Crippen LogP contribution in [0.4, 0.5) is 0 Å². The first kappa shape index (κ1) is 9.92. The Hall–Kier alpha value is -0.0800. The fourth-order valence-electron chi connectivity index (χ4n) is 1.12. The van der Waals surface area contributed by atoms with E-state index < -0.39 is 0 Å². The quantitative estimate of drug-likeness (QED) is 0.658.